The van der Waals surface area contributed by atoms with Gasteiger partial charge in [0.25, 0.3) is 0 Å². The summed E-state index contributed by atoms with van der Waals surface area (Å²) in [5, 5.41) is 0. The lowest BCUT2D eigenvalue weighted by molar-refractivity contribution is -0.130. The summed E-state index contributed by atoms with van der Waals surface area (Å²) in [7, 11) is 8.08. The molecule has 0 aromatic heterocycles. The molecule has 0 fully saturated rings. The summed E-state index contributed by atoms with van der Waals surface area (Å²) >= 11 is 0. The molecule has 0 saturated heterocycles. The topological polar surface area (TPSA) is 92.7 Å². The predicted molar refractivity (Wildman–Crippen MR) is 90.2 cm³/mol. The van der Waals surface area contributed by atoms with Crippen molar-refractivity contribution in [3.63, 3.8) is 0 Å². The molecule has 0 radical (unpaired) electrons. The molecule has 22 heavy (non-hydrogen) atoms. The highest BCUT2D eigenvalue weighted by molar-refractivity contribution is 5.81. The molecule has 0 saturated carbocycles. The second-order valence-electron chi connectivity index (χ2n) is 6.78. The van der Waals surface area contributed by atoms with Crippen LogP contribution in [0.25, 0.3) is 0 Å². The Balaban J connectivity index is 4.75. The molecule has 0 atom stereocenters. The number of carbonyl (C=O) groups is 2. The molecule has 0 spiro atoms. The Labute approximate surface area is 135 Å². The van der Waals surface area contributed by atoms with E-state index in [1.807, 2.05) is 28.2 Å². The van der Waals surface area contributed by atoms with Gasteiger partial charge < -0.3 is 21.3 Å². The standard InChI is InChI=1S/C16H34N4O2/c1-19(2)12-6-10-16(15(18)22,9-5-8-14(17)21)11-7-13-20(3)4/h5-13H2,1-4H3,(H2,17,21)(H2,18,22). The second kappa shape index (κ2) is 10.6. The van der Waals surface area contributed by atoms with Crippen LogP contribution >= 0.6 is 0 Å². The van der Waals surface area contributed by atoms with Gasteiger partial charge in [-0.1, -0.05) is 0 Å². The van der Waals surface area contributed by atoms with E-state index >= 15 is 0 Å². The zero-order chi connectivity index (χ0) is 17.2. The van der Waals surface area contributed by atoms with Gasteiger partial charge in [0.1, 0.15) is 0 Å². The molecule has 0 bridgehead atoms. The van der Waals surface area contributed by atoms with Gasteiger partial charge in [-0.3, -0.25) is 9.59 Å². The molecule has 6 heteroatoms. The smallest absolute Gasteiger partial charge is 0.223 e. The van der Waals surface area contributed by atoms with E-state index in [4.69, 9.17) is 11.5 Å². The Morgan fingerprint density at radius 2 is 1.23 bits per heavy atom. The van der Waals surface area contributed by atoms with Gasteiger partial charge in [-0.25, -0.2) is 0 Å². The van der Waals surface area contributed by atoms with Crippen molar-refractivity contribution in [3.8, 4) is 0 Å². The maximum atomic E-state index is 12.1. The molecule has 2 amide bonds. The van der Waals surface area contributed by atoms with E-state index in [9.17, 15) is 9.59 Å². The number of hydrogen-bond donors (Lipinski definition) is 2. The zero-order valence-electron chi connectivity index (χ0n) is 14.7. The van der Waals surface area contributed by atoms with Crippen LogP contribution < -0.4 is 11.5 Å². The van der Waals surface area contributed by atoms with Crippen molar-refractivity contribution in [1.29, 1.82) is 0 Å². The molecule has 0 unspecified atom stereocenters. The number of nitrogens with zero attached hydrogens (tertiary/aromatic N) is 2. The van der Waals surface area contributed by atoms with E-state index < -0.39 is 5.41 Å². The largest absolute Gasteiger partial charge is 0.370 e. The Morgan fingerprint density at radius 3 is 1.55 bits per heavy atom. The van der Waals surface area contributed by atoms with Gasteiger partial charge in [-0.05, 0) is 79.8 Å². The highest BCUT2D eigenvalue weighted by Gasteiger charge is 2.35. The first-order valence-corrected chi connectivity index (χ1v) is 8.07. The van der Waals surface area contributed by atoms with Crippen LogP contribution in [-0.2, 0) is 9.59 Å². The molecule has 130 valence electrons. The maximum Gasteiger partial charge on any atom is 0.223 e. The Bertz CT molecular complexity index is 329. The fourth-order valence-electron chi connectivity index (χ4n) is 2.81. The lowest BCUT2D eigenvalue weighted by Gasteiger charge is -2.32. The van der Waals surface area contributed by atoms with E-state index in [0.29, 0.717) is 19.3 Å². The van der Waals surface area contributed by atoms with Crippen molar-refractivity contribution in [2.45, 2.75) is 44.9 Å². The van der Waals surface area contributed by atoms with Gasteiger partial charge in [0.05, 0.1) is 0 Å². The Morgan fingerprint density at radius 1 is 0.818 bits per heavy atom. The molecule has 0 rings (SSSR count). The van der Waals surface area contributed by atoms with Crippen LogP contribution in [0.15, 0.2) is 0 Å². The van der Waals surface area contributed by atoms with Crippen LogP contribution in [0.2, 0.25) is 0 Å². The molecular weight excluding hydrogens is 280 g/mol. The molecule has 0 aromatic carbocycles. The normalized spacial score (nSPS) is 12.1. The van der Waals surface area contributed by atoms with Crippen molar-refractivity contribution < 1.29 is 9.59 Å². The fourth-order valence-corrected chi connectivity index (χ4v) is 2.81. The van der Waals surface area contributed by atoms with Crippen LogP contribution in [0.4, 0.5) is 0 Å². The van der Waals surface area contributed by atoms with Crippen molar-refractivity contribution in [1.82, 2.24) is 9.80 Å². The number of hydrogen-bond acceptors (Lipinski definition) is 4. The maximum absolute atomic E-state index is 12.1. The van der Waals surface area contributed by atoms with E-state index in [0.717, 1.165) is 38.8 Å². The van der Waals surface area contributed by atoms with Crippen LogP contribution in [0.5, 0.6) is 0 Å². The number of primary amides is 2. The summed E-state index contributed by atoms with van der Waals surface area (Å²) < 4.78 is 0. The summed E-state index contributed by atoms with van der Waals surface area (Å²) in [6.07, 6.45) is 4.98. The molecule has 0 aliphatic rings. The molecule has 4 N–H and O–H groups in total. The van der Waals surface area contributed by atoms with Gasteiger partial charge in [-0.2, -0.15) is 0 Å². The summed E-state index contributed by atoms with van der Waals surface area (Å²) in [6.45, 7) is 1.86. The average molecular weight is 314 g/mol. The average Bonchev–Trinajstić information content (AvgIpc) is 2.36. The summed E-state index contributed by atoms with van der Waals surface area (Å²) in [5.41, 5.74) is 10.4. The van der Waals surface area contributed by atoms with E-state index in [-0.39, 0.29) is 11.8 Å². The van der Waals surface area contributed by atoms with Gasteiger partial charge in [-0.15, -0.1) is 0 Å². The first-order chi connectivity index (χ1) is 10.2. The summed E-state index contributed by atoms with van der Waals surface area (Å²) in [6, 6.07) is 0. The third kappa shape index (κ3) is 9.00. The van der Waals surface area contributed by atoms with Crippen LogP contribution in [0.3, 0.4) is 0 Å². The predicted octanol–water partition coefficient (Wildman–Crippen LogP) is 0.797. The first kappa shape index (κ1) is 20.9. The van der Waals surface area contributed by atoms with Gasteiger partial charge in [0.15, 0.2) is 0 Å². The Hall–Kier alpha value is -1.14. The summed E-state index contributed by atoms with van der Waals surface area (Å²) in [5.74, 6) is -0.561. The van der Waals surface area contributed by atoms with E-state index in [1.165, 1.54) is 0 Å². The minimum atomic E-state index is -0.512. The fraction of sp³-hybridized carbons (Fsp3) is 0.875. The monoisotopic (exact) mass is 314 g/mol. The third-order valence-electron chi connectivity index (χ3n) is 4.12. The molecule has 0 heterocycles. The van der Waals surface area contributed by atoms with Crippen LogP contribution in [0, 0.1) is 5.41 Å². The summed E-state index contributed by atoms with van der Waals surface area (Å²) in [4.78, 5) is 27.3. The molecule has 6 nitrogen and oxygen atoms in total. The van der Waals surface area contributed by atoms with Crippen molar-refractivity contribution in [2.75, 3.05) is 41.3 Å². The Kier molecular flexibility index (Phi) is 10.0. The lowest BCUT2D eigenvalue weighted by Crippen LogP contribution is -2.38. The number of carbonyl (C=O) groups excluding carboxylic acids is 2. The minimum absolute atomic E-state index is 0.241. The molecule has 0 aromatic rings. The number of rotatable bonds is 13. The number of amides is 2. The number of nitrogens with two attached hydrogens (primary N) is 2. The van der Waals surface area contributed by atoms with Crippen molar-refractivity contribution in [3.05, 3.63) is 0 Å². The van der Waals surface area contributed by atoms with Crippen molar-refractivity contribution in [2.24, 2.45) is 16.9 Å². The molecular formula is C16H34N4O2. The van der Waals surface area contributed by atoms with E-state index in [2.05, 4.69) is 9.80 Å². The molecule has 0 aliphatic heterocycles. The SMILES string of the molecule is CN(C)CCCC(CCCC(N)=O)(CCCN(C)C)C(N)=O. The minimum Gasteiger partial charge on any atom is -0.370 e. The van der Waals surface area contributed by atoms with Gasteiger partial charge in [0, 0.05) is 11.8 Å². The highest BCUT2D eigenvalue weighted by atomic mass is 16.1. The van der Waals surface area contributed by atoms with Gasteiger partial charge in [0.2, 0.25) is 11.8 Å². The van der Waals surface area contributed by atoms with Crippen LogP contribution in [0.1, 0.15) is 44.9 Å². The molecule has 0 aliphatic carbocycles. The first-order valence-electron chi connectivity index (χ1n) is 8.07. The highest BCUT2D eigenvalue weighted by Crippen LogP contribution is 2.35. The third-order valence-corrected chi connectivity index (χ3v) is 4.12. The van der Waals surface area contributed by atoms with Crippen LogP contribution in [-0.4, -0.2) is 62.9 Å². The quantitative estimate of drug-likeness (QED) is 0.526. The zero-order valence-corrected chi connectivity index (χ0v) is 14.7. The lowest BCUT2D eigenvalue weighted by atomic mass is 9.74. The van der Waals surface area contributed by atoms with Gasteiger partial charge >= 0.3 is 0 Å². The second-order valence-corrected chi connectivity index (χ2v) is 6.78. The van der Waals surface area contributed by atoms with Crippen molar-refractivity contribution >= 4 is 11.8 Å². The van der Waals surface area contributed by atoms with E-state index in [1.54, 1.807) is 0 Å².